The molecule has 1 aliphatic rings. The van der Waals surface area contributed by atoms with Gasteiger partial charge < -0.3 is 20.7 Å². The zero-order chi connectivity index (χ0) is 12.0. The highest BCUT2D eigenvalue weighted by Crippen LogP contribution is 2.09. The lowest BCUT2D eigenvalue weighted by Crippen LogP contribution is -2.51. The van der Waals surface area contributed by atoms with Gasteiger partial charge in [0.2, 0.25) is 0 Å². The van der Waals surface area contributed by atoms with E-state index in [-0.39, 0.29) is 43.3 Å². The molecule has 0 bridgehead atoms. The van der Waals surface area contributed by atoms with E-state index in [2.05, 4.69) is 17.1 Å². The van der Waals surface area contributed by atoms with Gasteiger partial charge in [-0.2, -0.15) is 0 Å². The van der Waals surface area contributed by atoms with Crippen molar-refractivity contribution in [2.24, 2.45) is 5.73 Å². The Bertz CT molecular complexity index is 228. The molecule has 0 aromatic carbocycles. The number of methoxy groups -OCH3 is 1. The summed E-state index contributed by atoms with van der Waals surface area (Å²) in [5.41, 5.74) is 5.45. The van der Waals surface area contributed by atoms with E-state index >= 15 is 0 Å². The Kier molecular flexibility index (Phi) is 12.2. The van der Waals surface area contributed by atoms with Gasteiger partial charge in [-0.1, -0.05) is 6.92 Å². The quantitative estimate of drug-likeness (QED) is 0.772. The Balaban J connectivity index is 0. The number of amides is 1. The first-order valence-electron chi connectivity index (χ1n) is 5.96. The number of nitrogens with one attached hydrogen (secondary N) is 1. The summed E-state index contributed by atoms with van der Waals surface area (Å²) in [6, 6.07) is 0.241. The Morgan fingerprint density at radius 3 is 2.72 bits per heavy atom. The Morgan fingerprint density at radius 2 is 2.22 bits per heavy atom. The van der Waals surface area contributed by atoms with Crippen molar-refractivity contribution in [3.8, 4) is 0 Å². The van der Waals surface area contributed by atoms with Crippen LogP contribution in [0.15, 0.2) is 0 Å². The van der Waals surface area contributed by atoms with Crippen molar-refractivity contribution in [2.75, 3.05) is 33.3 Å². The molecule has 1 fully saturated rings. The predicted molar refractivity (Wildman–Crippen MR) is 77.6 cm³/mol. The maximum Gasteiger partial charge on any atom is 0.250 e. The molecule has 1 saturated heterocycles. The highest BCUT2D eigenvalue weighted by molar-refractivity contribution is 5.85. The van der Waals surface area contributed by atoms with Crippen LogP contribution in [0.2, 0.25) is 0 Å². The maximum absolute atomic E-state index is 11.7. The van der Waals surface area contributed by atoms with Crippen LogP contribution in [0.1, 0.15) is 19.8 Å². The van der Waals surface area contributed by atoms with Crippen LogP contribution in [0.5, 0.6) is 0 Å². The van der Waals surface area contributed by atoms with E-state index in [1.807, 2.05) is 0 Å². The minimum Gasteiger partial charge on any atom is -0.370 e. The van der Waals surface area contributed by atoms with Crippen LogP contribution in [0.3, 0.4) is 0 Å². The first kappa shape index (κ1) is 20.3. The molecule has 0 aromatic heterocycles. The van der Waals surface area contributed by atoms with Gasteiger partial charge in [0, 0.05) is 26.2 Å². The molecule has 1 rings (SSSR count). The fraction of sp³-hybridized carbons (Fsp3) is 0.909. The minimum absolute atomic E-state index is 0. The molecular weight excluding hydrogens is 277 g/mol. The Morgan fingerprint density at radius 1 is 1.56 bits per heavy atom. The van der Waals surface area contributed by atoms with Gasteiger partial charge in [0.05, 0.1) is 0 Å². The molecule has 2 atom stereocenters. The molecule has 3 N–H and O–H groups in total. The third-order valence-electron chi connectivity index (χ3n) is 3.09. The predicted octanol–water partition coefficient (Wildman–Crippen LogP) is 0.404. The molecule has 5 nitrogen and oxygen atoms in total. The average Bonchev–Trinajstić information content (AvgIpc) is 2.31. The number of nitrogens with zero attached hydrogens (tertiary/aromatic N) is 1. The molecule has 18 heavy (non-hydrogen) atoms. The maximum atomic E-state index is 11.7. The molecule has 7 heteroatoms. The number of carbonyl (C=O) groups is 1. The number of hydrogen-bond acceptors (Lipinski definition) is 4. The summed E-state index contributed by atoms with van der Waals surface area (Å²) in [7, 11) is 1.51. The van der Waals surface area contributed by atoms with Crippen LogP contribution in [-0.2, 0) is 9.53 Å². The molecular formula is C11H25Cl2N3O2. The molecule has 110 valence electrons. The number of likely N-dealkylation sites (tertiary alicyclic amines) is 1. The second-order valence-corrected chi connectivity index (χ2v) is 4.20. The molecule has 1 amide bonds. The summed E-state index contributed by atoms with van der Waals surface area (Å²) in [6.07, 6.45) is 1.67. The third kappa shape index (κ3) is 6.20. The first-order chi connectivity index (χ1) is 7.71. The number of halogens is 2. The first-order valence-corrected chi connectivity index (χ1v) is 5.96. The van der Waals surface area contributed by atoms with Crippen LogP contribution in [0, 0.1) is 0 Å². The topological polar surface area (TPSA) is 67.6 Å². The van der Waals surface area contributed by atoms with E-state index in [0.717, 1.165) is 32.5 Å². The highest BCUT2D eigenvalue weighted by Gasteiger charge is 2.23. The van der Waals surface area contributed by atoms with Gasteiger partial charge in [-0.3, -0.25) is 4.79 Å². The van der Waals surface area contributed by atoms with Gasteiger partial charge in [0.25, 0.3) is 5.91 Å². The summed E-state index contributed by atoms with van der Waals surface area (Å²) in [5, 5.41) is 3.00. The van der Waals surface area contributed by atoms with Crippen LogP contribution in [0.25, 0.3) is 0 Å². The fourth-order valence-corrected chi connectivity index (χ4v) is 2.06. The Hall–Kier alpha value is -0.0700. The van der Waals surface area contributed by atoms with E-state index < -0.39 is 6.10 Å². The van der Waals surface area contributed by atoms with Gasteiger partial charge in [0.1, 0.15) is 6.10 Å². The molecule has 1 heterocycles. The molecule has 0 saturated carbocycles. The summed E-state index contributed by atoms with van der Waals surface area (Å²) < 4.78 is 5.01. The number of ether oxygens (including phenoxy) is 1. The van der Waals surface area contributed by atoms with Crippen molar-refractivity contribution >= 4 is 30.7 Å². The zero-order valence-corrected chi connectivity index (χ0v) is 12.7. The molecule has 0 radical (unpaired) electrons. The number of piperidine rings is 1. The van der Waals surface area contributed by atoms with Crippen molar-refractivity contribution in [3.63, 3.8) is 0 Å². The van der Waals surface area contributed by atoms with Crippen LogP contribution >= 0.6 is 24.8 Å². The van der Waals surface area contributed by atoms with E-state index in [4.69, 9.17) is 10.5 Å². The summed E-state index contributed by atoms with van der Waals surface area (Å²) >= 11 is 0. The van der Waals surface area contributed by atoms with Crippen LogP contribution < -0.4 is 11.1 Å². The normalized spacial score (nSPS) is 21.4. The number of hydrogen-bond donors (Lipinski definition) is 2. The lowest BCUT2D eigenvalue weighted by molar-refractivity contribution is -0.131. The van der Waals surface area contributed by atoms with E-state index in [9.17, 15) is 4.79 Å². The molecule has 0 aliphatic carbocycles. The molecule has 1 aliphatic heterocycles. The van der Waals surface area contributed by atoms with Gasteiger partial charge in [-0.25, -0.2) is 0 Å². The van der Waals surface area contributed by atoms with Crippen molar-refractivity contribution in [1.29, 1.82) is 0 Å². The van der Waals surface area contributed by atoms with Gasteiger partial charge in [-0.15, -0.1) is 24.8 Å². The number of likely N-dealkylation sites (N-methyl/N-ethyl adjacent to an activating group) is 1. The van der Waals surface area contributed by atoms with Crippen molar-refractivity contribution in [1.82, 2.24) is 10.2 Å². The van der Waals surface area contributed by atoms with E-state index in [1.54, 1.807) is 0 Å². The standard InChI is InChI=1S/C11H23N3O2.2ClH/c1-3-14-6-4-5-9(8-14)13-11(15)10(7-12)16-2;;/h9-10H,3-8,12H2,1-2H3,(H,13,15);2*1H. The Labute approximate surface area is 122 Å². The lowest BCUT2D eigenvalue weighted by atomic mass is 10.1. The van der Waals surface area contributed by atoms with Gasteiger partial charge in [0.15, 0.2) is 0 Å². The number of rotatable bonds is 5. The molecule has 0 spiro atoms. The largest absolute Gasteiger partial charge is 0.370 e. The van der Waals surface area contributed by atoms with E-state index in [1.165, 1.54) is 7.11 Å². The molecule has 2 unspecified atom stereocenters. The SMILES string of the molecule is CCN1CCCC(NC(=O)C(CN)OC)C1.Cl.Cl. The van der Waals surface area contributed by atoms with Crippen molar-refractivity contribution < 1.29 is 9.53 Å². The second-order valence-electron chi connectivity index (χ2n) is 4.20. The third-order valence-corrected chi connectivity index (χ3v) is 3.09. The van der Waals surface area contributed by atoms with Gasteiger partial charge >= 0.3 is 0 Å². The zero-order valence-electron chi connectivity index (χ0n) is 11.1. The van der Waals surface area contributed by atoms with Crippen molar-refractivity contribution in [2.45, 2.75) is 31.9 Å². The summed E-state index contributed by atoms with van der Waals surface area (Å²) in [4.78, 5) is 14.1. The van der Waals surface area contributed by atoms with Crippen LogP contribution in [0.4, 0.5) is 0 Å². The monoisotopic (exact) mass is 301 g/mol. The summed E-state index contributed by atoms with van der Waals surface area (Å²) in [6.45, 7) is 5.47. The second kappa shape index (κ2) is 10.8. The fourth-order valence-electron chi connectivity index (χ4n) is 2.06. The smallest absolute Gasteiger partial charge is 0.250 e. The summed E-state index contributed by atoms with van der Waals surface area (Å²) in [5.74, 6) is -0.0899. The van der Waals surface area contributed by atoms with E-state index in [0.29, 0.717) is 0 Å². The minimum atomic E-state index is -0.517. The van der Waals surface area contributed by atoms with Crippen molar-refractivity contribution in [3.05, 3.63) is 0 Å². The number of carbonyl (C=O) groups excluding carboxylic acids is 1. The van der Waals surface area contributed by atoms with Gasteiger partial charge in [-0.05, 0) is 25.9 Å². The average molecular weight is 302 g/mol. The lowest BCUT2D eigenvalue weighted by Gasteiger charge is -2.32. The molecule has 0 aromatic rings. The highest BCUT2D eigenvalue weighted by atomic mass is 35.5. The number of nitrogens with two attached hydrogens (primary N) is 1. The van der Waals surface area contributed by atoms with Crippen LogP contribution in [-0.4, -0.2) is 56.2 Å².